The highest BCUT2D eigenvalue weighted by Crippen LogP contribution is 2.38. The van der Waals surface area contributed by atoms with E-state index in [1.807, 2.05) is 6.92 Å². The summed E-state index contributed by atoms with van der Waals surface area (Å²) in [6.07, 6.45) is 3.16. The fourth-order valence-electron chi connectivity index (χ4n) is 0.794. The Morgan fingerprint density at radius 3 is 2.33 bits per heavy atom. The second kappa shape index (κ2) is 3.32. The molecule has 0 aromatic rings. The third-order valence-corrected chi connectivity index (χ3v) is 2.38. The molecular formula is C7H14O4S. The highest BCUT2D eigenvalue weighted by Gasteiger charge is 2.38. The van der Waals surface area contributed by atoms with E-state index in [4.69, 9.17) is 4.74 Å². The predicted octanol–water partition coefficient (Wildman–Crippen LogP) is 0.532. The van der Waals surface area contributed by atoms with Crippen molar-refractivity contribution in [1.82, 2.24) is 0 Å². The molecule has 0 N–H and O–H groups in total. The molecule has 72 valence electrons. The Morgan fingerprint density at radius 2 is 1.92 bits per heavy atom. The second-order valence-electron chi connectivity index (χ2n) is 3.32. The second-order valence-corrected chi connectivity index (χ2v) is 4.97. The van der Waals surface area contributed by atoms with Gasteiger partial charge in [-0.1, -0.05) is 0 Å². The van der Waals surface area contributed by atoms with Crippen LogP contribution in [-0.4, -0.2) is 33.5 Å². The Labute approximate surface area is 73.0 Å². The van der Waals surface area contributed by atoms with Gasteiger partial charge in [-0.3, -0.25) is 4.18 Å². The molecule has 1 aliphatic rings. The van der Waals surface area contributed by atoms with Gasteiger partial charge in [-0.15, -0.1) is 0 Å². The van der Waals surface area contributed by atoms with Crippen LogP contribution in [0.2, 0.25) is 0 Å². The molecule has 1 rings (SSSR count). The molecule has 0 heterocycles. The number of hydrogen-bond donors (Lipinski definition) is 0. The summed E-state index contributed by atoms with van der Waals surface area (Å²) in [4.78, 5) is 0. The van der Waals surface area contributed by atoms with E-state index in [9.17, 15) is 8.42 Å². The van der Waals surface area contributed by atoms with E-state index in [1.54, 1.807) is 0 Å². The van der Waals surface area contributed by atoms with Crippen LogP contribution in [0, 0.1) is 0 Å². The maximum Gasteiger partial charge on any atom is 0.264 e. The predicted molar refractivity (Wildman–Crippen MR) is 44.4 cm³/mol. The van der Waals surface area contributed by atoms with E-state index < -0.39 is 10.1 Å². The molecule has 1 saturated carbocycles. The topological polar surface area (TPSA) is 52.6 Å². The summed E-state index contributed by atoms with van der Waals surface area (Å²) in [5.41, 5.74) is 0.000856. The summed E-state index contributed by atoms with van der Waals surface area (Å²) in [5, 5.41) is 0. The third-order valence-electron chi connectivity index (χ3n) is 1.79. The van der Waals surface area contributed by atoms with Gasteiger partial charge in [0.1, 0.15) is 0 Å². The van der Waals surface area contributed by atoms with E-state index in [1.165, 1.54) is 0 Å². The van der Waals surface area contributed by atoms with E-state index in [-0.39, 0.29) is 12.2 Å². The average molecular weight is 194 g/mol. The first kappa shape index (κ1) is 9.95. The van der Waals surface area contributed by atoms with Crippen molar-refractivity contribution in [3.63, 3.8) is 0 Å². The zero-order valence-electron chi connectivity index (χ0n) is 7.37. The normalized spacial score (nSPS) is 20.8. The SMILES string of the molecule is CC1(OCCOS(C)(=O)=O)CC1. The van der Waals surface area contributed by atoms with Crippen molar-refractivity contribution >= 4 is 10.1 Å². The molecule has 1 aliphatic carbocycles. The summed E-state index contributed by atoms with van der Waals surface area (Å²) in [7, 11) is -3.30. The van der Waals surface area contributed by atoms with E-state index in [0.717, 1.165) is 19.1 Å². The van der Waals surface area contributed by atoms with Gasteiger partial charge >= 0.3 is 0 Å². The average Bonchev–Trinajstić information content (AvgIpc) is 2.60. The van der Waals surface area contributed by atoms with Gasteiger partial charge in [0.05, 0.1) is 25.1 Å². The number of ether oxygens (including phenoxy) is 1. The van der Waals surface area contributed by atoms with Crippen LogP contribution in [0.1, 0.15) is 19.8 Å². The highest BCUT2D eigenvalue weighted by molar-refractivity contribution is 7.85. The standard InChI is InChI=1S/C7H14O4S/c1-7(3-4-7)10-5-6-11-12(2,8)9/h3-6H2,1-2H3. The lowest BCUT2D eigenvalue weighted by Crippen LogP contribution is -2.15. The Hall–Kier alpha value is -0.130. The maximum atomic E-state index is 10.5. The smallest absolute Gasteiger partial charge is 0.264 e. The molecule has 0 bridgehead atoms. The van der Waals surface area contributed by atoms with Crippen LogP contribution >= 0.6 is 0 Å². The highest BCUT2D eigenvalue weighted by atomic mass is 32.2. The quantitative estimate of drug-likeness (QED) is 0.473. The molecule has 0 radical (unpaired) electrons. The molecule has 0 aromatic carbocycles. The van der Waals surface area contributed by atoms with Crippen LogP contribution in [0.4, 0.5) is 0 Å². The van der Waals surface area contributed by atoms with Crippen molar-refractivity contribution in [2.75, 3.05) is 19.5 Å². The molecule has 0 saturated heterocycles. The number of hydrogen-bond acceptors (Lipinski definition) is 4. The fourth-order valence-corrected chi connectivity index (χ4v) is 1.16. The Balaban J connectivity index is 2.04. The van der Waals surface area contributed by atoms with E-state index in [2.05, 4.69) is 4.18 Å². The largest absolute Gasteiger partial charge is 0.373 e. The number of rotatable bonds is 5. The van der Waals surface area contributed by atoms with Gasteiger partial charge in [-0.25, -0.2) is 0 Å². The van der Waals surface area contributed by atoms with Crippen LogP contribution in [0.5, 0.6) is 0 Å². The van der Waals surface area contributed by atoms with Crippen molar-refractivity contribution in [2.24, 2.45) is 0 Å². The Bertz CT molecular complexity index is 240. The minimum atomic E-state index is -3.30. The van der Waals surface area contributed by atoms with Crippen molar-refractivity contribution < 1.29 is 17.3 Å². The molecule has 0 spiro atoms. The maximum absolute atomic E-state index is 10.5. The van der Waals surface area contributed by atoms with Crippen molar-refractivity contribution in [2.45, 2.75) is 25.4 Å². The van der Waals surface area contributed by atoms with Gasteiger partial charge in [0.2, 0.25) is 0 Å². The fraction of sp³-hybridized carbons (Fsp3) is 1.00. The lowest BCUT2D eigenvalue weighted by Gasteiger charge is -2.09. The summed E-state index contributed by atoms with van der Waals surface area (Å²) < 4.78 is 30.8. The van der Waals surface area contributed by atoms with Gasteiger partial charge in [0.25, 0.3) is 10.1 Å². The van der Waals surface area contributed by atoms with Gasteiger partial charge in [0.15, 0.2) is 0 Å². The van der Waals surface area contributed by atoms with Crippen LogP contribution in [0.15, 0.2) is 0 Å². The summed E-state index contributed by atoms with van der Waals surface area (Å²) in [6, 6.07) is 0. The van der Waals surface area contributed by atoms with Crippen molar-refractivity contribution in [3.05, 3.63) is 0 Å². The molecule has 0 aromatic heterocycles. The lowest BCUT2D eigenvalue weighted by molar-refractivity contribution is 0.0285. The Kier molecular flexibility index (Phi) is 2.75. The molecule has 0 amide bonds. The zero-order chi connectivity index (χ0) is 9.24. The molecule has 5 heteroatoms. The van der Waals surface area contributed by atoms with Gasteiger partial charge in [0, 0.05) is 0 Å². The summed E-state index contributed by atoms with van der Waals surface area (Å²) in [6.45, 7) is 2.48. The first-order valence-electron chi connectivity index (χ1n) is 3.90. The van der Waals surface area contributed by atoms with E-state index >= 15 is 0 Å². The third kappa shape index (κ3) is 4.04. The monoisotopic (exact) mass is 194 g/mol. The first-order valence-corrected chi connectivity index (χ1v) is 5.71. The summed E-state index contributed by atoms with van der Waals surface area (Å²) >= 11 is 0. The Morgan fingerprint density at radius 1 is 1.33 bits per heavy atom. The molecule has 4 nitrogen and oxygen atoms in total. The van der Waals surface area contributed by atoms with Crippen molar-refractivity contribution in [1.29, 1.82) is 0 Å². The minimum Gasteiger partial charge on any atom is -0.373 e. The molecule has 0 aliphatic heterocycles. The minimum absolute atomic E-state index is 0.000856. The van der Waals surface area contributed by atoms with Crippen LogP contribution in [0.3, 0.4) is 0 Å². The van der Waals surface area contributed by atoms with Gasteiger partial charge in [-0.2, -0.15) is 8.42 Å². The molecule has 0 unspecified atom stereocenters. The van der Waals surface area contributed by atoms with Crippen LogP contribution in [-0.2, 0) is 19.0 Å². The van der Waals surface area contributed by atoms with E-state index in [0.29, 0.717) is 6.61 Å². The molecule has 1 fully saturated rings. The van der Waals surface area contributed by atoms with Crippen LogP contribution < -0.4 is 0 Å². The van der Waals surface area contributed by atoms with Crippen LogP contribution in [0.25, 0.3) is 0 Å². The van der Waals surface area contributed by atoms with Gasteiger partial charge < -0.3 is 4.74 Å². The molecule has 0 atom stereocenters. The van der Waals surface area contributed by atoms with Crippen molar-refractivity contribution in [3.8, 4) is 0 Å². The zero-order valence-corrected chi connectivity index (χ0v) is 8.19. The molecule has 12 heavy (non-hydrogen) atoms. The first-order chi connectivity index (χ1) is 5.41. The van der Waals surface area contributed by atoms with Gasteiger partial charge in [-0.05, 0) is 19.8 Å². The summed E-state index contributed by atoms with van der Waals surface area (Å²) in [5.74, 6) is 0. The lowest BCUT2D eigenvalue weighted by atomic mass is 10.4. The molecular weight excluding hydrogens is 180 g/mol.